The van der Waals surface area contributed by atoms with E-state index < -0.39 is 6.04 Å². The van der Waals surface area contributed by atoms with Crippen LogP contribution < -0.4 is 10.9 Å². The monoisotopic (exact) mass is 271 g/mol. The summed E-state index contributed by atoms with van der Waals surface area (Å²) in [5.74, 6) is -0.366. The summed E-state index contributed by atoms with van der Waals surface area (Å²) >= 11 is 0. The molecule has 20 heavy (non-hydrogen) atoms. The average Bonchev–Trinajstić information content (AvgIpc) is 2.50. The molecule has 2 rings (SSSR count). The minimum Gasteiger partial charge on any atom is -0.464 e. The predicted octanol–water partition coefficient (Wildman–Crippen LogP) is 2.30. The summed E-state index contributed by atoms with van der Waals surface area (Å²) < 4.78 is 5.07. The lowest BCUT2D eigenvalue weighted by atomic mass is 10.2. The number of nitrogens with zero attached hydrogens (tertiary/aromatic N) is 1. The van der Waals surface area contributed by atoms with Gasteiger partial charge in [0.05, 0.1) is 12.3 Å². The van der Waals surface area contributed by atoms with Crippen molar-refractivity contribution in [3.63, 3.8) is 0 Å². The van der Waals surface area contributed by atoms with Crippen molar-refractivity contribution in [2.24, 2.45) is 0 Å². The second-order valence-corrected chi connectivity index (χ2v) is 4.08. The zero-order chi connectivity index (χ0) is 14.2. The fourth-order valence-corrected chi connectivity index (χ4v) is 1.70. The standard InChI is InChI=1S/C15H17N3O2/c1-2-20-15(19)14(13-10-6-7-11-16-13)18-17-12-8-4-3-5-9-12/h3-11,14,17-18H,2H2,1H3. The fourth-order valence-electron chi connectivity index (χ4n) is 1.70. The van der Waals surface area contributed by atoms with E-state index in [4.69, 9.17) is 4.74 Å². The Kier molecular flexibility index (Phi) is 5.08. The SMILES string of the molecule is CCOC(=O)C(NNc1ccccc1)c1ccccn1. The number of ether oxygens (including phenoxy) is 1. The fraction of sp³-hybridized carbons (Fsp3) is 0.200. The Balaban J connectivity index is 2.09. The van der Waals surface area contributed by atoms with Gasteiger partial charge in [-0.2, -0.15) is 0 Å². The van der Waals surface area contributed by atoms with Crippen molar-refractivity contribution >= 4 is 11.7 Å². The number of pyridine rings is 1. The van der Waals surface area contributed by atoms with Gasteiger partial charge in [0, 0.05) is 11.9 Å². The van der Waals surface area contributed by atoms with E-state index >= 15 is 0 Å². The number of benzene rings is 1. The van der Waals surface area contributed by atoms with Gasteiger partial charge in [-0.05, 0) is 31.2 Å². The van der Waals surface area contributed by atoms with E-state index in [0.717, 1.165) is 5.69 Å². The number of para-hydroxylation sites is 1. The van der Waals surface area contributed by atoms with Crippen LogP contribution in [0.15, 0.2) is 54.7 Å². The zero-order valence-electron chi connectivity index (χ0n) is 11.2. The third-order valence-electron chi connectivity index (χ3n) is 2.64. The molecule has 2 aromatic rings. The largest absolute Gasteiger partial charge is 0.464 e. The number of carbonyl (C=O) groups excluding carboxylic acids is 1. The van der Waals surface area contributed by atoms with Crippen LogP contribution in [0.2, 0.25) is 0 Å². The molecule has 0 saturated carbocycles. The smallest absolute Gasteiger partial charge is 0.331 e. The molecule has 5 heteroatoms. The molecule has 1 unspecified atom stereocenters. The predicted molar refractivity (Wildman–Crippen MR) is 76.8 cm³/mol. The molecule has 1 heterocycles. The summed E-state index contributed by atoms with van der Waals surface area (Å²) in [4.78, 5) is 16.2. The highest BCUT2D eigenvalue weighted by Gasteiger charge is 2.22. The minimum atomic E-state index is -0.656. The lowest BCUT2D eigenvalue weighted by molar-refractivity contribution is -0.145. The lowest BCUT2D eigenvalue weighted by Gasteiger charge is -2.18. The van der Waals surface area contributed by atoms with Crippen LogP contribution in [0.1, 0.15) is 18.7 Å². The Bertz CT molecular complexity index is 531. The van der Waals surface area contributed by atoms with Gasteiger partial charge in [0.15, 0.2) is 6.04 Å². The first-order valence-corrected chi connectivity index (χ1v) is 6.45. The highest BCUT2D eigenvalue weighted by molar-refractivity contribution is 5.77. The third-order valence-corrected chi connectivity index (χ3v) is 2.64. The molecular weight excluding hydrogens is 254 g/mol. The van der Waals surface area contributed by atoms with Gasteiger partial charge in [-0.3, -0.25) is 4.98 Å². The summed E-state index contributed by atoms with van der Waals surface area (Å²) in [5.41, 5.74) is 7.41. The van der Waals surface area contributed by atoms with Gasteiger partial charge in [0.25, 0.3) is 0 Å². The summed E-state index contributed by atoms with van der Waals surface area (Å²) in [5, 5.41) is 0. The number of aromatic nitrogens is 1. The first-order valence-electron chi connectivity index (χ1n) is 6.45. The molecule has 0 aliphatic carbocycles. The lowest BCUT2D eigenvalue weighted by Crippen LogP contribution is -2.34. The first kappa shape index (κ1) is 14.0. The highest BCUT2D eigenvalue weighted by Crippen LogP contribution is 2.13. The minimum absolute atomic E-state index is 0.329. The molecule has 0 amide bonds. The van der Waals surface area contributed by atoms with Crippen LogP contribution in [0, 0.1) is 0 Å². The van der Waals surface area contributed by atoms with E-state index in [2.05, 4.69) is 15.8 Å². The van der Waals surface area contributed by atoms with Crippen molar-refractivity contribution in [1.29, 1.82) is 0 Å². The first-order chi connectivity index (χ1) is 9.81. The molecule has 1 atom stereocenters. The maximum atomic E-state index is 12.0. The second kappa shape index (κ2) is 7.25. The number of hydrogen-bond donors (Lipinski definition) is 2. The number of esters is 1. The summed E-state index contributed by atoms with van der Waals surface area (Å²) in [6.07, 6.45) is 1.64. The maximum absolute atomic E-state index is 12.0. The van der Waals surface area contributed by atoms with E-state index in [1.54, 1.807) is 25.3 Å². The molecule has 1 aromatic carbocycles. The second-order valence-electron chi connectivity index (χ2n) is 4.08. The Morgan fingerprint density at radius 1 is 1.20 bits per heavy atom. The van der Waals surface area contributed by atoms with Gasteiger partial charge in [0.1, 0.15) is 0 Å². The van der Waals surface area contributed by atoms with Gasteiger partial charge in [-0.15, -0.1) is 0 Å². The van der Waals surface area contributed by atoms with Crippen LogP contribution in [0.25, 0.3) is 0 Å². The third kappa shape index (κ3) is 3.80. The van der Waals surface area contributed by atoms with E-state index in [1.807, 2.05) is 36.4 Å². The molecule has 0 fully saturated rings. The topological polar surface area (TPSA) is 63.2 Å². The van der Waals surface area contributed by atoms with E-state index in [-0.39, 0.29) is 5.97 Å². The van der Waals surface area contributed by atoms with Crippen molar-refractivity contribution in [3.8, 4) is 0 Å². The van der Waals surface area contributed by atoms with Crippen LogP contribution in [-0.4, -0.2) is 17.6 Å². The Morgan fingerprint density at radius 2 is 1.95 bits per heavy atom. The normalized spacial score (nSPS) is 11.7. The molecule has 104 valence electrons. The molecule has 1 aromatic heterocycles. The van der Waals surface area contributed by atoms with Crippen LogP contribution in [0.5, 0.6) is 0 Å². The molecule has 0 aliphatic heterocycles. The molecule has 2 N–H and O–H groups in total. The van der Waals surface area contributed by atoms with Gasteiger partial charge < -0.3 is 10.2 Å². The number of nitrogens with one attached hydrogen (secondary N) is 2. The summed E-state index contributed by atoms with van der Waals surface area (Å²) in [6.45, 7) is 2.10. The molecule has 0 spiro atoms. The number of hydrogen-bond acceptors (Lipinski definition) is 5. The van der Waals surface area contributed by atoms with Crippen LogP contribution >= 0.6 is 0 Å². The highest BCUT2D eigenvalue weighted by atomic mass is 16.5. The average molecular weight is 271 g/mol. The summed E-state index contributed by atoms with van der Waals surface area (Å²) in [7, 11) is 0. The molecule has 0 saturated heterocycles. The number of rotatable bonds is 6. The van der Waals surface area contributed by atoms with Gasteiger partial charge in [0.2, 0.25) is 0 Å². The number of carbonyl (C=O) groups is 1. The van der Waals surface area contributed by atoms with Crippen molar-refractivity contribution < 1.29 is 9.53 Å². The quantitative estimate of drug-likeness (QED) is 0.623. The van der Waals surface area contributed by atoms with Crippen LogP contribution in [0.4, 0.5) is 5.69 Å². The van der Waals surface area contributed by atoms with Crippen molar-refractivity contribution in [2.45, 2.75) is 13.0 Å². The summed E-state index contributed by atoms with van der Waals surface area (Å²) in [6, 6.07) is 14.3. The van der Waals surface area contributed by atoms with Crippen molar-refractivity contribution in [1.82, 2.24) is 10.4 Å². The molecule has 0 radical (unpaired) electrons. The van der Waals surface area contributed by atoms with Crippen molar-refractivity contribution in [2.75, 3.05) is 12.0 Å². The molecular formula is C15H17N3O2. The van der Waals surface area contributed by atoms with Crippen LogP contribution in [-0.2, 0) is 9.53 Å². The van der Waals surface area contributed by atoms with E-state index in [1.165, 1.54) is 0 Å². The Hall–Kier alpha value is -2.40. The maximum Gasteiger partial charge on any atom is 0.331 e. The van der Waals surface area contributed by atoms with Gasteiger partial charge >= 0.3 is 5.97 Å². The van der Waals surface area contributed by atoms with E-state index in [0.29, 0.717) is 12.3 Å². The van der Waals surface area contributed by atoms with Crippen LogP contribution in [0.3, 0.4) is 0 Å². The zero-order valence-corrected chi connectivity index (χ0v) is 11.2. The molecule has 0 bridgehead atoms. The van der Waals surface area contributed by atoms with Gasteiger partial charge in [-0.1, -0.05) is 24.3 Å². The van der Waals surface area contributed by atoms with Crippen molar-refractivity contribution in [3.05, 3.63) is 60.4 Å². The number of anilines is 1. The number of hydrazine groups is 1. The van der Waals surface area contributed by atoms with Gasteiger partial charge in [-0.25, -0.2) is 10.2 Å². The molecule has 5 nitrogen and oxygen atoms in total. The molecule has 0 aliphatic rings. The Morgan fingerprint density at radius 3 is 2.60 bits per heavy atom. The van der Waals surface area contributed by atoms with E-state index in [9.17, 15) is 4.79 Å². The Labute approximate surface area is 118 Å².